The van der Waals surface area contributed by atoms with E-state index in [0.29, 0.717) is 0 Å². The van der Waals surface area contributed by atoms with Crippen LogP contribution in [0.1, 0.15) is 24.3 Å². The summed E-state index contributed by atoms with van der Waals surface area (Å²) in [7, 11) is 3.64. The van der Waals surface area contributed by atoms with Crippen LogP contribution in [0.3, 0.4) is 0 Å². The largest absolute Gasteiger partial charge is 0.371 e. The number of likely N-dealkylation sites (tertiary alicyclic amines) is 1. The molecule has 0 unspecified atom stereocenters. The van der Waals surface area contributed by atoms with Crippen molar-refractivity contribution in [2.24, 2.45) is 0 Å². The molecule has 3 rings (SSSR count). The zero-order valence-corrected chi connectivity index (χ0v) is 15.2. The summed E-state index contributed by atoms with van der Waals surface area (Å²) >= 11 is 0. The Labute approximate surface area is 148 Å². The molecule has 1 fully saturated rings. The third kappa shape index (κ3) is 4.02. The van der Waals surface area contributed by atoms with Crippen LogP contribution in [0, 0.1) is 6.92 Å². The maximum atomic E-state index is 12.9. The molecule has 1 aromatic heterocycles. The van der Waals surface area contributed by atoms with Gasteiger partial charge in [-0.3, -0.25) is 9.69 Å². The van der Waals surface area contributed by atoms with Gasteiger partial charge in [-0.15, -0.1) is 0 Å². The summed E-state index contributed by atoms with van der Waals surface area (Å²) in [5.74, 6) is 0.961. The first-order chi connectivity index (χ1) is 12.0. The van der Waals surface area contributed by atoms with E-state index in [2.05, 4.69) is 15.4 Å². The Balaban J connectivity index is 1.71. The summed E-state index contributed by atoms with van der Waals surface area (Å²) < 4.78 is 5.15. The van der Waals surface area contributed by atoms with E-state index in [-0.39, 0.29) is 5.91 Å². The van der Waals surface area contributed by atoms with Crippen molar-refractivity contribution >= 4 is 11.6 Å². The van der Waals surface area contributed by atoms with Crippen LogP contribution in [0.5, 0.6) is 0 Å². The van der Waals surface area contributed by atoms with Crippen LogP contribution >= 0.6 is 0 Å². The average molecular weight is 342 g/mol. The zero-order chi connectivity index (χ0) is 17.9. The molecule has 6 nitrogen and oxygen atoms in total. The van der Waals surface area contributed by atoms with Crippen LogP contribution in [-0.4, -0.2) is 53.6 Å². The molecule has 1 N–H and O–H groups in total. The number of likely N-dealkylation sites (N-methyl/N-ethyl adjacent to an activating group) is 1. The Bertz CT molecular complexity index is 703. The summed E-state index contributed by atoms with van der Waals surface area (Å²) in [5.41, 5.74) is 1.37. The lowest BCUT2D eigenvalue weighted by Crippen LogP contribution is -2.57. The fraction of sp³-hybridized carbons (Fsp3) is 0.474. The van der Waals surface area contributed by atoms with E-state index >= 15 is 0 Å². The molecule has 0 spiro atoms. The van der Waals surface area contributed by atoms with Gasteiger partial charge in [0.15, 0.2) is 0 Å². The van der Waals surface area contributed by atoms with Crippen molar-refractivity contribution in [2.75, 3.05) is 32.5 Å². The first-order valence-corrected chi connectivity index (χ1v) is 8.68. The number of carbonyl (C=O) groups excluding carboxylic acids is 1. The molecule has 0 bridgehead atoms. The highest BCUT2D eigenvalue weighted by molar-refractivity contribution is 5.89. The van der Waals surface area contributed by atoms with Crippen molar-refractivity contribution in [2.45, 2.75) is 31.8 Å². The molecule has 134 valence electrons. The van der Waals surface area contributed by atoms with Crippen LogP contribution < -0.4 is 5.32 Å². The van der Waals surface area contributed by atoms with Gasteiger partial charge in [-0.25, -0.2) is 0 Å². The minimum atomic E-state index is -0.554. The molecule has 2 heterocycles. The Kier molecular flexibility index (Phi) is 5.08. The number of aromatic nitrogens is 1. The highest BCUT2D eigenvalue weighted by atomic mass is 16.5. The van der Waals surface area contributed by atoms with Crippen molar-refractivity contribution in [3.8, 4) is 0 Å². The first-order valence-electron chi connectivity index (χ1n) is 8.68. The molecule has 1 aromatic carbocycles. The SMILES string of the molecule is Cc1cc(CN2CCC(Nc3ccccc3)(C(=O)N(C)C)CC2)no1. The van der Waals surface area contributed by atoms with Gasteiger partial charge in [-0.2, -0.15) is 0 Å². The van der Waals surface area contributed by atoms with Crippen LogP contribution in [0.15, 0.2) is 40.9 Å². The van der Waals surface area contributed by atoms with Crippen LogP contribution in [0.2, 0.25) is 0 Å². The summed E-state index contributed by atoms with van der Waals surface area (Å²) in [6.45, 7) is 4.34. The van der Waals surface area contributed by atoms with Gasteiger partial charge in [0.1, 0.15) is 11.3 Å². The van der Waals surface area contributed by atoms with Crippen molar-refractivity contribution < 1.29 is 9.32 Å². The number of nitrogens with zero attached hydrogens (tertiary/aromatic N) is 3. The lowest BCUT2D eigenvalue weighted by Gasteiger charge is -2.42. The second kappa shape index (κ2) is 7.27. The number of aryl methyl sites for hydroxylation is 1. The number of rotatable bonds is 5. The van der Waals surface area contributed by atoms with Gasteiger partial charge in [-0.1, -0.05) is 23.4 Å². The zero-order valence-electron chi connectivity index (χ0n) is 15.2. The third-order valence-corrected chi connectivity index (χ3v) is 4.74. The highest BCUT2D eigenvalue weighted by Crippen LogP contribution is 2.29. The van der Waals surface area contributed by atoms with E-state index in [0.717, 1.165) is 49.6 Å². The Morgan fingerprint density at radius 2 is 1.96 bits per heavy atom. The maximum Gasteiger partial charge on any atom is 0.247 e. The lowest BCUT2D eigenvalue weighted by atomic mass is 9.85. The molecular weight excluding hydrogens is 316 g/mol. The van der Waals surface area contributed by atoms with E-state index in [1.165, 1.54) is 0 Å². The molecular formula is C19H26N4O2. The number of piperidine rings is 1. The fourth-order valence-electron chi connectivity index (χ4n) is 3.43. The molecule has 0 aliphatic carbocycles. The van der Waals surface area contributed by atoms with Crippen molar-refractivity contribution in [1.82, 2.24) is 15.0 Å². The van der Waals surface area contributed by atoms with E-state index in [1.807, 2.05) is 57.4 Å². The number of anilines is 1. The smallest absolute Gasteiger partial charge is 0.247 e. The Hall–Kier alpha value is -2.34. The number of carbonyl (C=O) groups is 1. The number of benzene rings is 1. The minimum Gasteiger partial charge on any atom is -0.371 e. The van der Waals surface area contributed by atoms with Crippen molar-refractivity contribution in [1.29, 1.82) is 0 Å². The number of hydrogen-bond donors (Lipinski definition) is 1. The molecule has 6 heteroatoms. The molecule has 2 aromatic rings. The summed E-state index contributed by atoms with van der Waals surface area (Å²) in [6.07, 6.45) is 1.52. The van der Waals surface area contributed by atoms with Crippen molar-refractivity contribution in [3.05, 3.63) is 47.9 Å². The molecule has 25 heavy (non-hydrogen) atoms. The van der Waals surface area contributed by atoms with Crippen molar-refractivity contribution in [3.63, 3.8) is 0 Å². The lowest BCUT2D eigenvalue weighted by molar-refractivity contribution is -0.135. The Morgan fingerprint density at radius 1 is 1.28 bits per heavy atom. The van der Waals surface area contributed by atoms with Gasteiger partial charge in [0, 0.05) is 45.5 Å². The predicted octanol–water partition coefficient (Wildman–Crippen LogP) is 2.52. The number of hydrogen-bond acceptors (Lipinski definition) is 5. The summed E-state index contributed by atoms with van der Waals surface area (Å²) in [5, 5.41) is 7.58. The summed E-state index contributed by atoms with van der Waals surface area (Å²) in [4.78, 5) is 16.9. The maximum absolute atomic E-state index is 12.9. The highest BCUT2D eigenvalue weighted by Gasteiger charge is 2.42. The number of para-hydroxylation sites is 1. The second-order valence-corrected chi connectivity index (χ2v) is 6.98. The molecule has 1 saturated heterocycles. The quantitative estimate of drug-likeness (QED) is 0.905. The average Bonchev–Trinajstić information content (AvgIpc) is 3.02. The first kappa shape index (κ1) is 17.5. The van der Waals surface area contributed by atoms with E-state index in [1.54, 1.807) is 4.90 Å². The van der Waals surface area contributed by atoms with Crippen LogP contribution in [0.4, 0.5) is 5.69 Å². The normalized spacial score (nSPS) is 17.2. The van der Waals surface area contributed by atoms with Gasteiger partial charge in [0.2, 0.25) is 5.91 Å². The number of amides is 1. The van der Waals surface area contributed by atoms with E-state index in [4.69, 9.17) is 4.52 Å². The van der Waals surface area contributed by atoms with E-state index < -0.39 is 5.54 Å². The van der Waals surface area contributed by atoms with Gasteiger partial charge in [-0.05, 0) is 31.9 Å². The Morgan fingerprint density at radius 3 is 2.52 bits per heavy atom. The standard InChI is InChI=1S/C19H26N4O2/c1-15-13-17(21-25-15)14-23-11-9-19(10-12-23,18(24)22(2)3)20-16-7-5-4-6-8-16/h4-8,13,20H,9-12,14H2,1-3H3. The van der Waals surface area contributed by atoms with Gasteiger partial charge in [0.05, 0.1) is 5.69 Å². The van der Waals surface area contributed by atoms with Gasteiger partial charge < -0.3 is 14.7 Å². The number of nitrogens with one attached hydrogen (secondary N) is 1. The van der Waals surface area contributed by atoms with Gasteiger partial charge in [0.25, 0.3) is 0 Å². The van der Waals surface area contributed by atoms with E-state index in [9.17, 15) is 4.79 Å². The van der Waals surface area contributed by atoms with Gasteiger partial charge >= 0.3 is 0 Å². The monoisotopic (exact) mass is 342 g/mol. The third-order valence-electron chi connectivity index (χ3n) is 4.74. The molecule has 0 radical (unpaired) electrons. The molecule has 1 amide bonds. The molecule has 0 atom stereocenters. The second-order valence-electron chi connectivity index (χ2n) is 6.98. The molecule has 1 aliphatic heterocycles. The molecule has 1 aliphatic rings. The minimum absolute atomic E-state index is 0.133. The molecule has 0 saturated carbocycles. The van der Waals surface area contributed by atoms with Crippen LogP contribution in [0.25, 0.3) is 0 Å². The topological polar surface area (TPSA) is 61.6 Å². The summed E-state index contributed by atoms with van der Waals surface area (Å²) in [6, 6.07) is 11.9. The van der Waals surface area contributed by atoms with Crippen LogP contribution in [-0.2, 0) is 11.3 Å². The predicted molar refractivity (Wildman–Crippen MR) is 97.2 cm³/mol. The fourth-order valence-corrected chi connectivity index (χ4v) is 3.43.